The van der Waals surface area contributed by atoms with Crippen LogP contribution in [0.25, 0.3) is 0 Å². The highest BCUT2D eigenvalue weighted by molar-refractivity contribution is 6.42. The van der Waals surface area contributed by atoms with Crippen LogP contribution in [0.2, 0.25) is 10.0 Å². The maximum absolute atomic E-state index is 11.8. The van der Waals surface area contributed by atoms with Gasteiger partial charge >= 0.3 is 5.69 Å². The molecule has 3 rings (SSSR count). The molecule has 8 nitrogen and oxygen atoms in total. The van der Waals surface area contributed by atoms with E-state index < -0.39 is 4.92 Å². The van der Waals surface area contributed by atoms with Crippen molar-refractivity contribution in [1.82, 2.24) is 15.3 Å². The normalized spacial score (nSPS) is 18.3. The molecule has 0 spiro atoms. The highest BCUT2D eigenvalue weighted by Crippen LogP contribution is 2.36. The van der Waals surface area contributed by atoms with Gasteiger partial charge in [-0.05, 0) is 58.7 Å². The van der Waals surface area contributed by atoms with E-state index in [4.69, 9.17) is 23.2 Å². The van der Waals surface area contributed by atoms with Crippen LogP contribution in [0, 0.1) is 10.1 Å². The topological polar surface area (TPSA) is 105 Å². The lowest BCUT2D eigenvalue weighted by atomic mass is 9.79. The Hall–Kier alpha value is -2.16. The summed E-state index contributed by atoms with van der Waals surface area (Å²) in [4.78, 5) is 19.6. The van der Waals surface area contributed by atoms with Crippen molar-refractivity contribution in [3.63, 3.8) is 0 Å². The Morgan fingerprint density at radius 2 is 1.72 bits per heavy atom. The molecule has 1 aromatic carbocycles. The number of hydrogen-bond donors (Lipinski definition) is 3. The fraction of sp³-hybridized carbons (Fsp3) is 0.474. The van der Waals surface area contributed by atoms with Crippen molar-refractivity contribution in [1.29, 1.82) is 0 Å². The molecule has 0 atom stereocenters. The van der Waals surface area contributed by atoms with Crippen LogP contribution in [0.4, 0.5) is 23.0 Å². The summed E-state index contributed by atoms with van der Waals surface area (Å²) in [5.74, 6) is 0.268. The highest BCUT2D eigenvalue weighted by Gasteiger charge is 2.38. The molecule has 0 radical (unpaired) electrons. The van der Waals surface area contributed by atoms with Crippen molar-refractivity contribution in [3.8, 4) is 0 Å². The first kappa shape index (κ1) is 21.5. The zero-order valence-electron chi connectivity index (χ0n) is 16.7. The predicted octanol–water partition coefficient (Wildman–Crippen LogP) is 5.16. The van der Waals surface area contributed by atoms with Gasteiger partial charge in [0.15, 0.2) is 0 Å². The summed E-state index contributed by atoms with van der Waals surface area (Å²) in [6.07, 6.45) is 2.90. The van der Waals surface area contributed by atoms with Crippen LogP contribution in [0.3, 0.4) is 0 Å². The number of nitrogens with one attached hydrogen (secondary N) is 3. The monoisotopic (exact) mass is 438 g/mol. The molecular weight excluding hydrogens is 415 g/mol. The first-order valence-corrected chi connectivity index (χ1v) is 9.99. The Kier molecular flexibility index (Phi) is 5.89. The molecule has 0 saturated carbocycles. The molecule has 3 N–H and O–H groups in total. The lowest BCUT2D eigenvalue weighted by Gasteiger charge is -2.46. The maximum atomic E-state index is 11.8. The van der Waals surface area contributed by atoms with Gasteiger partial charge in [0.25, 0.3) is 0 Å². The standard InChI is InChI=1S/C19H24Cl2N6O2/c1-18(2)8-12(9-19(3,4)26-18)25-17-15(27(28)29)16(22-10-23-17)24-11-5-6-13(20)14(21)7-11/h5-7,10,12,26H,8-9H2,1-4H3,(H2,22,23,24,25). The van der Waals surface area contributed by atoms with Crippen molar-refractivity contribution in [2.75, 3.05) is 10.6 Å². The first-order chi connectivity index (χ1) is 13.5. The van der Waals surface area contributed by atoms with Gasteiger partial charge in [-0.15, -0.1) is 0 Å². The average molecular weight is 439 g/mol. The first-order valence-electron chi connectivity index (χ1n) is 9.23. The van der Waals surface area contributed by atoms with Gasteiger partial charge in [-0.25, -0.2) is 9.97 Å². The fourth-order valence-electron chi connectivity index (χ4n) is 4.08. The van der Waals surface area contributed by atoms with E-state index in [2.05, 4.69) is 53.6 Å². The number of halogens is 2. The van der Waals surface area contributed by atoms with E-state index in [9.17, 15) is 10.1 Å². The molecule has 1 aromatic heterocycles. The van der Waals surface area contributed by atoms with Crippen LogP contribution >= 0.6 is 23.2 Å². The van der Waals surface area contributed by atoms with Crippen molar-refractivity contribution in [2.24, 2.45) is 0 Å². The zero-order valence-corrected chi connectivity index (χ0v) is 18.2. The summed E-state index contributed by atoms with van der Waals surface area (Å²) >= 11 is 12.0. The van der Waals surface area contributed by atoms with E-state index in [1.54, 1.807) is 18.2 Å². The van der Waals surface area contributed by atoms with Crippen molar-refractivity contribution >= 4 is 46.2 Å². The summed E-state index contributed by atoms with van der Waals surface area (Å²) in [7, 11) is 0. The second kappa shape index (κ2) is 7.93. The molecule has 10 heteroatoms. The van der Waals surface area contributed by atoms with Gasteiger partial charge in [-0.2, -0.15) is 0 Å². The third kappa shape index (κ3) is 5.26. The van der Waals surface area contributed by atoms with Gasteiger partial charge in [0.05, 0.1) is 15.0 Å². The molecule has 0 aliphatic carbocycles. The largest absolute Gasteiger partial charge is 0.361 e. The minimum Gasteiger partial charge on any atom is -0.361 e. The van der Waals surface area contributed by atoms with Crippen LogP contribution in [0.1, 0.15) is 40.5 Å². The van der Waals surface area contributed by atoms with Gasteiger partial charge in [-0.1, -0.05) is 23.2 Å². The Bertz CT molecular complexity index is 919. The number of rotatable bonds is 5. The molecule has 156 valence electrons. The van der Waals surface area contributed by atoms with Crippen LogP contribution in [0.15, 0.2) is 24.5 Å². The molecule has 1 saturated heterocycles. The van der Waals surface area contributed by atoms with E-state index in [0.717, 1.165) is 12.8 Å². The maximum Gasteiger partial charge on any atom is 0.353 e. The minimum absolute atomic E-state index is 0.0210. The van der Waals surface area contributed by atoms with E-state index in [-0.39, 0.29) is 34.4 Å². The summed E-state index contributed by atoms with van der Waals surface area (Å²) in [6.45, 7) is 8.48. The van der Waals surface area contributed by atoms with Gasteiger partial charge in [0, 0.05) is 22.8 Å². The van der Waals surface area contributed by atoms with Crippen molar-refractivity contribution < 1.29 is 4.92 Å². The molecule has 2 aromatic rings. The smallest absolute Gasteiger partial charge is 0.353 e. The zero-order chi connectivity index (χ0) is 21.4. The number of benzene rings is 1. The molecule has 1 fully saturated rings. The third-order valence-corrected chi connectivity index (χ3v) is 5.46. The number of piperidine rings is 1. The van der Waals surface area contributed by atoms with Gasteiger partial charge in [-0.3, -0.25) is 10.1 Å². The van der Waals surface area contributed by atoms with Gasteiger partial charge in [0.1, 0.15) is 6.33 Å². The molecular formula is C19H24Cl2N6O2. The van der Waals surface area contributed by atoms with E-state index >= 15 is 0 Å². The van der Waals surface area contributed by atoms with Crippen LogP contribution in [-0.2, 0) is 0 Å². The molecule has 1 aliphatic rings. The third-order valence-electron chi connectivity index (χ3n) is 4.72. The summed E-state index contributed by atoms with van der Waals surface area (Å²) in [5.41, 5.74) is 0.106. The number of anilines is 3. The van der Waals surface area contributed by atoms with E-state index in [1.807, 2.05) is 0 Å². The van der Waals surface area contributed by atoms with Crippen LogP contribution in [-0.4, -0.2) is 32.0 Å². The molecule has 0 unspecified atom stereocenters. The molecule has 29 heavy (non-hydrogen) atoms. The average Bonchev–Trinajstić information content (AvgIpc) is 2.55. The predicted molar refractivity (Wildman–Crippen MR) is 116 cm³/mol. The highest BCUT2D eigenvalue weighted by atomic mass is 35.5. The second-order valence-corrected chi connectivity index (χ2v) is 9.39. The summed E-state index contributed by atoms with van der Waals surface area (Å²) in [6, 6.07) is 4.89. The van der Waals surface area contributed by atoms with E-state index in [0.29, 0.717) is 15.7 Å². The van der Waals surface area contributed by atoms with Gasteiger partial charge < -0.3 is 16.0 Å². The van der Waals surface area contributed by atoms with Crippen LogP contribution in [0.5, 0.6) is 0 Å². The number of nitrogens with zero attached hydrogens (tertiary/aromatic N) is 3. The minimum atomic E-state index is -0.487. The summed E-state index contributed by atoms with van der Waals surface area (Å²) < 4.78 is 0. The second-order valence-electron chi connectivity index (χ2n) is 8.57. The summed E-state index contributed by atoms with van der Waals surface area (Å²) in [5, 5.41) is 22.4. The fourth-order valence-corrected chi connectivity index (χ4v) is 4.38. The SMILES string of the molecule is CC1(C)CC(Nc2ncnc(Nc3ccc(Cl)c(Cl)c3)c2[N+](=O)[O-])CC(C)(C)N1. The molecule has 0 amide bonds. The lowest BCUT2D eigenvalue weighted by molar-refractivity contribution is -0.383. The molecule has 2 heterocycles. The molecule has 1 aliphatic heterocycles. The number of nitro groups is 1. The Labute approximate surface area is 179 Å². The lowest BCUT2D eigenvalue weighted by Crippen LogP contribution is -2.60. The van der Waals surface area contributed by atoms with Crippen molar-refractivity contribution in [2.45, 2.75) is 57.7 Å². The molecule has 0 bridgehead atoms. The quantitative estimate of drug-likeness (QED) is 0.437. The van der Waals surface area contributed by atoms with Crippen molar-refractivity contribution in [3.05, 3.63) is 44.7 Å². The number of aromatic nitrogens is 2. The van der Waals surface area contributed by atoms with Gasteiger partial charge in [0.2, 0.25) is 11.6 Å². The van der Waals surface area contributed by atoms with E-state index in [1.165, 1.54) is 6.33 Å². The van der Waals surface area contributed by atoms with Crippen LogP contribution < -0.4 is 16.0 Å². The Morgan fingerprint density at radius 3 is 2.31 bits per heavy atom. The number of hydrogen-bond acceptors (Lipinski definition) is 7. The Morgan fingerprint density at radius 1 is 1.10 bits per heavy atom. The Balaban J connectivity index is 1.91.